The van der Waals surface area contributed by atoms with Crippen LogP contribution in [0.25, 0.3) is 10.9 Å². The zero-order chi connectivity index (χ0) is 14.8. The number of rotatable bonds is 3. The maximum Gasteiger partial charge on any atom is 0.276 e. The normalized spacial score (nSPS) is 10.6. The number of pyridine rings is 1. The zero-order valence-corrected chi connectivity index (χ0v) is 11.8. The molecule has 1 amide bonds. The van der Waals surface area contributed by atoms with Crippen LogP contribution in [0.1, 0.15) is 10.5 Å². The minimum atomic E-state index is -0.261. The Balaban J connectivity index is 1.94. The Kier molecular flexibility index (Phi) is 3.27. The second kappa shape index (κ2) is 5.24. The molecule has 2 heterocycles. The second-order valence-electron chi connectivity index (χ2n) is 4.84. The first-order valence-electron chi connectivity index (χ1n) is 6.53. The lowest BCUT2D eigenvalue weighted by molar-refractivity contribution is 0.102. The summed E-state index contributed by atoms with van der Waals surface area (Å²) in [4.78, 5) is 18.5. The molecule has 0 aliphatic heterocycles. The fourth-order valence-electron chi connectivity index (χ4n) is 2.17. The number of para-hydroxylation sites is 1. The molecule has 0 fully saturated rings. The van der Waals surface area contributed by atoms with Crippen molar-refractivity contribution in [3.63, 3.8) is 0 Å². The van der Waals surface area contributed by atoms with Crippen LogP contribution >= 0.6 is 0 Å². The summed E-state index contributed by atoms with van der Waals surface area (Å²) in [7, 11) is 3.75. The van der Waals surface area contributed by atoms with Crippen molar-refractivity contribution in [1.82, 2.24) is 15.2 Å². The molecule has 6 nitrogen and oxygen atoms in total. The van der Waals surface area contributed by atoms with E-state index in [1.165, 1.54) is 0 Å². The van der Waals surface area contributed by atoms with Gasteiger partial charge < -0.3 is 10.2 Å². The number of nitrogens with zero attached hydrogens (tertiary/aromatic N) is 3. The van der Waals surface area contributed by atoms with Crippen LogP contribution in [0.2, 0.25) is 0 Å². The number of fused-ring (bicyclic) bond motifs is 1. The topological polar surface area (TPSA) is 73.9 Å². The number of nitrogens with one attached hydrogen (secondary N) is 2. The highest BCUT2D eigenvalue weighted by Crippen LogP contribution is 2.22. The number of carbonyl (C=O) groups is 1. The smallest absolute Gasteiger partial charge is 0.276 e. The Morgan fingerprint density at radius 2 is 2.00 bits per heavy atom. The molecule has 0 bridgehead atoms. The van der Waals surface area contributed by atoms with E-state index >= 15 is 0 Å². The van der Waals surface area contributed by atoms with Gasteiger partial charge in [-0.25, -0.2) is 4.98 Å². The van der Waals surface area contributed by atoms with Gasteiger partial charge in [-0.05, 0) is 18.2 Å². The monoisotopic (exact) mass is 281 g/mol. The van der Waals surface area contributed by atoms with E-state index in [0.29, 0.717) is 17.2 Å². The Morgan fingerprint density at radius 3 is 2.81 bits per heavy atom. The maximum absolute atomic E-state index is 12.4. The van der Waals surface area contributed by atoms with Gasteiger partial charge in [0.25, 0.3) is 5.91 Å². The van der Waals surface area contributed by atoms with Gasteiger partial charge in [-0.1, -0.05) is 18.2 Å². The molecule has 6 heteroatoms. The van der Waals surface area contributed by atoms with Gasteiger partial charge in [0, 0.05) is 25.7 Å². The van der Waals surface area contributed by atoms with Crippen molar-refractivity contribution in [3.8, 4) is 0 Å². The van der Waals surface area contributed by atoms with Crippen LogP contribution in [0.15, 0.2) is 42.6 Å². The standard InChI is InChI=1S/C15H15N5O/c1-20(2)14-12(8-5-9-16-14)17-15(21)13-10-6-3-4-7-11(10)18-19-13/h3-9H,1-2H3,(H,17,21)(H,18,19). The number of hydrogen-bond donors (Lipinski definition) is 2. The van der Waals surface area contributed by atoms with Crippen LogP contribution < -0.4 is 10.2 Å². The van der Waals surface area contributed by atoms with Gasteiger partial charge in [-0.2, -0.15) is 5.10 Å². The SMILES string of the molecule is CN(C)c1ncccc1NC(=O)c1n[nH]c2ccccc12. The average Bonchev–Trinajstić information content (AvgIpc) is 2.91. The third-order valence-corrected chi connectivity index (χ3v) is 3.14. The quantitative estimate of drug-likeness (QED) is 0.772. The third kappa shape index (κ3) is 2.43. The minimum absolute atomic E-state index is 0.261. The fraction of sp³-hybridized carbons (Fsp3) is 0.133. The van der Waals surface area contributed by atoms with Crippen LogP contribution in [0, 0.1) is 0 Å². The molecule has 0 saturated carbocycles. The molecule has 0 aliphatic carbocycles. The zero-order valence-electron chi connectivity index (χ0n) is 11.8. The summed E-state index contributed by atoms with van der Waals surface area (Å²) in [5.74, 6) is 0.439. The summed E-state index contributed by atoms with van der Waals surface area (Å²) in [5, 5.41) is 10.6. The van der Waals surface area contributed by atoms with E-state index in [-0.39, 0.29) is 5.91 Å². The van der Waals surface area contributed by atoms with Gasteiger partial charge in [-0.3, -0.25) is 9.89 Å². The number of aromatic amines is 1. The molecular formula is C15H15N5O. The molecule has 0 saturated heterocycles. The Hall–Kier alpha value is -2.89. The third-order valence-electron chi connectivity index (χ3n) is 3.14. The summed E-state index contributed by atoms with van der Waals surface area (Å²) in [6.45, 7) is 0. The number of aromatic nitrogens is 3. The summed E-state index contributed by atoms with van der Waals surface area (Å²) in [6, 6.07) is 11.1. The van der Waals surface area contributed by atoms with E-state index in [9.17, 15) is 4.79 Å². The van der Waals surface area contributed by atoms with Crippen LogP contribution in [-0.4, -0.2) is 35.2 Å². The molecule has 0 aliphatic rings. The number of anilines is 2. The van der Waals surface area contributed by atoms with Gasteiger partial charge in [-0.15, -0.1) is 0 Å². The number of amides is 1. The van der Waals surface area contributed by atoms with Gasteiger partial charge >= 0.3 is 0 Å². The number of hydrogen-bond acceptors (Lipinski definition) is 4. The van der Waals surface area contributed by atoms with E-state index in [2.05, 4.69) is 20.5 Å². The van der Waals surface area contributed by atoms with Gasteiger partial charge in [0.2, 0.25) is 0 Å². The molecule has 0 radical (unpaired) electrons. The lowest BCUT2D eigenvalue weighted by Crippen LogP contribution is -2.18. The summed E-state index contributed by atoms with van der Waals surface area (Å²) in [6.07, 6.45) is 1.69. The minimum Gasteiger partial charge on any atom is -0.361 e. The number of benzene rings is 1. The molecule has 0 atom stereocenters. The van der Waals surface area contributed by atoms with Crippen molar-refractivity contribution in [2.24, 2.45) is 0 Å². The van der Waals surface area contributed by atoms with E-state index in [4.69, 9.17) is 0 Å². The molecular weight excluding hydrogens is 266 g/mol. The van der Waals surface area contributed by atoms with E-state index in [1.807, 2.05) is 49.3 Å². The van der Waals surface area contributed by atoms with E-state index < -0.39 is 0 Å². The summed E-state index contributed by atoms with van der Waals surface area (Å²) < 4.78 is 0. The molecule has 3 rings (SSSR count). The van der Waals surface area contributed by atoms with Crippen molar-refractivity contribution in [3.05, 3.63) is 48.3 Å². The van der Waals surface area contributed by atoms with Crippen LogP contribution in [0.3, 0.4) is 0 Å². The van der Waals surface area contributed by atoms with Crippen LogP contribution in [0.4, 0.5) is 11.5 Å². The Bertz CT molecular complexity index is 793. The highest BCUT2D eigenvalue weighted by Gasteiger charge is 2.16. The van der Waals surface area contributed by atoms with Gasteiger partial charge in [0.15, 0.2) is 11.5 Å². The molecule has 0 unspecified atom stereocenters. The Morgan fingerprint density at radius 1 is 1.19 bits per heavy atom. The molecule has 0 spiro atoms. The predicted molar refractivity (Wildman–Crippen MR) is 82.6 cm³/mol. The van der Waals surface area contributed by atoms with E-state index in [0.717, 1.165) is 10.9 Å². The second-order valence-corrected chi connectivity index (χ2v) is 4.84. The van der Waals surface area contributed by atoms with Crippen LogP contribution in [0.5, 0.6) is 0 Å². The molecule has 106 valence electrons. The highest BCUT2D eigenvalue weighted by atomic mass is 16.2. The number of carbonyl (C=O) groups excluding carboxylic acids is 1. The summed E-state index contributed by atoms with van der Waals surface area (Å²) >= 11 is 0. The van der Waals surface area contributed by atoms with Crippen molar-refractivity contribution in [2.45, 2.75) is 0 Å². The molecule has 3 aromatic rings. The van der Waals surface area contributed by atoms with Gasteiger partial charge in [0.05, 0.1) is 11.2 Å². The number of H-pyrrole nitrogens is 1. The molecule has 2 aromatic heterocycles. The molecule has 21 heavy (non-hydrogen) atoms. The van der Waals surface area contributed by atoms with Gasteiger partial charge in [0.1, 0.15) is 0 Å². The first kappa shape index (κ1) is 13.1. The van der Waals surface area contributed by atoms with Crippen molar-refractivity contribution in [1.29, 1.82) is 0 Å². The average molecular weight is 281 g/mol. The van der Waals surface area contributed by atoms with E-state index in [1.54, 1.807) is 12.3 Å². The first-order chi connectivity index (χ1) is 10.2. The predicted octanol–water partition coefficient (Wildman–Crippen LogP) is 2.28. The summed E-state index contributed by atoms with van der Waals surface area (Å²) in [5.41, 5.74) is 1.86. The fourth-order valence-corrected chi connectivity index (χ4v) is 2.17. The van der Waals surface area contributed by atoms with Crippen molar-refractivity contribution in [2.75, 3.05) is 24.3 Å². The largest absolute Gasteiger partial charge is 0.361 e. The lowest BCUT2D eigenvalue weighted by atomic mass is 10.2. The maximum atomic E-state index is 12.4. The van der Waals surface area contributed by atoms with Crippen LogP contribution in [-0.2, 0) is 0 Å². The molecule has 1 aromatic carbocycles. The first-order valence-corrected chi connectivity index (χ1v) is 6.53. The molecule has 2 N–H and O–H groups in total. The Labute approximate surface area is 121 Å². The lowest BCUT2D eigenvalue weighted by Gasteiger charge is -2.15. The van der Waals surface area contributed by atoms with Crippen molar-refractivity contribution < 1.29 is 4.79 Å². The highest BCUT2D eigenvalue weighted by molar-refractivity contribution is 6.11. The van der Waals surface area contributed by atoms with Crippen molar-refractivity contribution >= 4 is 28.3 Å².